The van der Waals surface area contributed by atoms with E-state index < -0.39 is 0 Å². The fourth-order valence-corrected chi connectivity index (χ4v) is 2.66. The number of piperazine rings is 1. The van der Waals surface area contributed by atoms with E-state index >= 15 is 0 Å². The van der Waals surface area contributed by atoms with Gasteiger partial charge in [-0.3, -0.25) is 9.80 Å². The summed E-state index contributed by atoms with van der Waals surface area (Å²) in [4.78, 5) is 15.8. The lowest BCUT2D eigenvalue weighted by Crippen LogP contribution is -2.62. The maximum atomic E-state index is 10.9. The van der Waals surface area contributed by atoms with Gasteiger partial charge in [-0.2, -0.15) is 0 Å². The molecule has 1 fully saturated rings. The second-order valence-corrected chi connectivity index (χ2v) is 7.04. The molecule has 1 atom stereocenters. The summed E-state index contributed by atoms with van der Waals surface area (Å²) in [5.74, 6) is 0. The van der Waals surface area contributed by atoms with Gasteiger partial charge in [-0.1, -0.05) is 0 Å². The predicted octanol–water partition coefficient (Wildman–Crippen LogP) is 2.16. The molecule has 0 N–H and O–H groups in total. The molecule has 3 heteroatoms. The SMILES string of the molecule is CC(C)(C)N1CCN(C(C)(C)C)C(CC=O)C1. The number of carbonyl (C=O) groups excluding carboxylic acids is 1. The van der Waals surface area contributed by atoms with E-state index in [1.54, 1.807) is 0 Å². The van der Waals surface area contributed by atoms with Crippen LogP contribution in [0.15, 0.2) is 0 Å². The first kappa shape index (κ1) is 14.7. The Hall–Kier alpha value is -0.410. The number of aldehydes is 1. The lowest BCUT2D eigenvalue weighted by molar-refractivity contribution is -0.111. The van der Waals surface area contributed by atoms with Crippen molar-refractivity contribution in [1.82, 2.24) is 9.80 Å². The van der Waals surface area contributed by atoms with Crippen LogP contribution in [0.1, 0.15) is 48.0 Å². The zero-order chi connectivity index (χ0) is 13.3. The summed E-state index contributed by atoms with van der Waals surface area (Å²) in [7, 11) is 0. The molecule has 1 aliphatic rings. The van der Waals surface area contributed by atoms with Gasteiger partial charge in [0.1, 0.15) is 6.29 Å². The smallest absolute Gasteiger partial charge is 0.121 e. The molecule has 0 amide bonds. The average molecular weight is 240 g/mol. The number of hydrogen-bond acceptors (Lipinski definition) is 3. The molecule has 0 spiro atoms. The predicted molar refractivity (Wildman–Crippen MR) is 72.3 cm³/mol. The second-order valence-electron chi connectivity index (χ2n) is 7.04. The van der Waals surface area contributed by atoms with Gasteiger partial charge >= 0.3 is 0 Å². The summed E-state index contributed by atoms with van der Waals surface area (Å²) in [5.41, 5.74) is 0.350. The first-order chi connectivity index (χ1) is 7.66. The van der Waals surface area contributed by atoms with Gasteiger partial charge in [0.05, 0.1) is 0 Å². The number of rotatable bonds is 2. The average Bonchev–Trinajstić information content (AvgIpc) is 2.15. The van der Waals surface area contributed by atoms with E-state index in [0.717, 1.165) is 25.9 Å². The topological polar surface area (TPSA) is 23.6 Å². The first-order valence-corrected chi connectivity index (χ1v) is 6.61. The van der Waals surface area contributed by atoms with Crippen molar-refractivity contribution in [1.29, 1.82) is 0 Å². The molecule has 1 unspecified atom stereocenters. The lowest BCUT2D eigenvalue weighted by Gasteiger charge is -2.51. The van der Waals surface area contributed by atoms with E-state index in [1.165, 1.54) is 0 Å². The normalized spacial score (nSPS) is 24.9. The Kier molecular flexibility index (Phi) is 4.37. The molecule has 100 valence electrons. The van der Waals surface area contributed by atoms with Crippen molar-refractivity contribution >= 4 is 6.29 Å². The standard InChI is InChI=1S/C14H28N2O/c1-13(2,3)15-8-9-16(14(4,5)6)12(11-15)7-10-17/h10,12H,7-9,11H2,1-6H3. The lowest BCUT2D eigenvalue weighted by atomic mass is 9.95. The summed E-state index contributed by atoms with van der Waals surface area (Å²) in [6.45, 7) is 16.6. The van der Waals surface area contributed by atoms with Crippen LogP contribution in [-0.4, -0.2) is 52.8 Å². The van der Waals surface area contributed by atoms with Crippen molar-refractivity contribution < 1.29 is 4.79 Å². The minimum Gasteiger partial charge on any atom is -0.303 e. The Bertz CT molecular complexity index is 262. The van der Waals surface area contributed by atoms with E-state index in [2.05, 4.69) is 51.3 Å². The maximum Gasteiger partial charge on any atom is 0.121 e. The molecule has 0 aromatic heterocycles. The van der Waals surface area contributed by atoms with Crippen molar-refractivity contribution in [2.75, 3.05) is 19.6 Å². The molecular weight excluding hydrogens is 212 g/mol. The van der Waals surface area contributed by atoms with Gasteiger partial charge in [-0.05, 0) is 41.5 Å². The van der Waals surface area contributed by atoms with E-state index in [0.29, 0.717) is 12.5 Å². The quantitative estimate of drug-likeness (QED) is 0.691. The van der Waals surface area contributed by atoms with Crippen molar-refractivity contribution in [3.8, 4) is 0 Å². The van der Waals surface area contributed by atoms with Gasteiger partial charge < -0.3 is 4.79 Å². The fraction of sp³-hybridized carbons (Fsp3) is 0.929. The van der Waals surface area contributed by atoms with Crippen molar-refractivity contribution in [2.45, 2.75) is 65.1 Å². The van der Waals surface area contributed by atoms with Gasteiger partial charge in [0, 0.05) is 43.2 Å². The molecule has 1 rings (SSSR count). The minimum atomic E-state index is 0.150. The summed E-state index contributed by atoms with van der Waals surface area (Å²) in [6.07, 6.45) is 1.71. The fourth-order valence-electron chi connectivity index (χ4n) is 2.66. The highest BCUT2D eigenvalue weighted by molar-refractivity contribution is 5.50. The van der Waals surface area contributed by atoms with Crippen molar-refractivity contribution in [3.05, 3.63) is 0 Å². The molecule has 0 aromatic carbocycles. The van der Waals surface area contributed by atoms with Gasteiger partial charge in [-0.25, -0.2) is 0 Å². The van der Waals surface area contributed by atoms with E-state index in [4.69, 9.17) is 0 Å². The Morgan fingerprint density at radius 1 is 1.06 bits per heavy atom. The second kappa shape index (κ2) is 5.07. The number of hydrogen-bond donors (Lipinski definition) is 0. The van der Waals surface area contributed by atoms with Gasteiger partial charge in [0.25, 0.3) is 0 Å². The zero-order valence-electron chi connectivity index (χ0n) is 12.3. The number of nitrogens with zero attached hydrogens (tertiary/aromatic N) is 2. The van der Waals surface area contributed by atoms with Gasteiger partial charge in [-0.15, -0.1) is 0 Å². The van der Waals surface area contributed by atoms with Crippen LogP contribution in [0.4, 0.5) is 0 Å². The molecule has 1 heterocycles. The highest BCUT2D eigenvalue weighted by Gasteiger charge is 2.36. The van der Waals surface area contributed by atoms with Crippen molar-refractivity contribution in [3.63, 3.8) is 0 Å². The Morgan fingerprint density at radius 3 is 2.06 bits per heavy atom. The first-order valence-electron chi connectivity index (χ1n) is 6.61. The van der Waals surface area contributed by atoms with Gasteiger partial charge in [0.2, 0.25) is 0 Å². The molecule has 0 aliphatic carbocycles. The highest BCUT2D eigenvalue weighted by atomic mass is 16.1. The molecule has 17 heavy (non-hydrogen) atoms. The Labute approximate surface area is 106 Å². The van der Waals surface area contributed by atoms with Crippen molar-refractivity contribution in [2.24, 2.45) is 0 Å². The third kappa shape index (κ3) is 3.78. The molecule has 0 aromatic rings. The third-order valence-electron chi connectivity index (χ3n) is 3.66. The van der Waals surface area contributed by atoms with Crippen LogP contribution in [0.2, 0.25) is 0 Å². The molecule has 1 saturated heterocycles. The molecular formula is C14H28N2O. The number of carbonyl (C=O) groups is 1. The molecule has 0 bridgehead atoms. The van der Waals surface area contributed by atoms with Crippen LogP contribution >= 0.6 is 0 Å². The van der Waals surface area contributed by atoms with Gasteiger partial charge in [0.15, 0.2) is 0 Å². The molecule has 3 nitrogen and oxygen atoms in total. The third-order valence-corrected chi connectivity index (χ3v) is 3.66. The minimum absolute atomic E-state index is 0.150. The van der Waals surface area contributed by atoms with Crippen LogP contribution in [0.3, 0.4) is 0 Å². The van der Waals surface area contributed by atoms with Crippen LogP contribution in [0.5, 0.6) is 0 Å². The molecule has 1 aliphatic heterocycles. The summed E-state index contributed by atoms with van der Waals surface area (Å²) in [5, 5.41) is 0. The monoisotopic (exact) mass is 240 g/mol. The maximum absolute atomic E-state index is 10.9. The Balaban J connectivity index is 2.78. The molecule has 0 radical (unpaired) electrons. The summed E-state index contributed by atoms with van der Waals surface area (Å²) in [6, 6.07) is 0.362. The van der Waals surface area contributed by atoms with Crippen LogP contribution in [-0.2, 0) is 4.79 Å². The van der Waals surface area contributed by atoms with Crippen LogP contribution in [0, 0.1) is 0 Å². The highest BCUT2D eigenvalue weighted by Crippen LogP contribution is 2.26. The Morgan fingerprint density at radius 2 is 1.65 bits per heavy atom. The van der Waals surface area contributed by atoms with Crippen LogP contribution < -0.4 is 0 Å². The largest absolute Gasteiger partial charge is 0.303 e. The summed E-state index contributed by atoms with van der Waals surface area (Å²) >= 11 is 0. The summed E-state index contributed by atoms with van der Waals surface area (Å²) < 4.78 is 0. The van der Waals surface area contributed by atoms with E-state index in [-0.39, 0.29) is 11.1 Å². The van der Waals surface area contributed by atoms with Crippen LogP contribution in [0.25, 0.3) is 0 Å². The zero-order valence-corrected chi connectivity index (χ0v) is 12.3. The van der Waals surface area contributed by atoms with E-state index in [9.17, 15) is 4.79 Å². The van der Waals surface area contributed by atoms with E-state index in [1.807, 2.05) is 0 Å². The molecule has 0 saturated carbocycles.